The van der Waals surface area contributed by atoms with E-state index in [2.05, 4.69) is 0 Å². The van der Waals surface area contributed by atoms with Crippen molar-refractivity contribution in [3.8, 4) is 5.75 Å². The lowest BCUT2D eigenvalue weighted by Crippen LogP contribution is -2.40. The lowest BCUT2D eigenvalue weighted by atomic mass is 10.1. The van der Waals surface area contributed by atoms with E-state index in [1.807, 2.05) is 0 Å². The van der Waals surface area contributed by atoms with Gasteiger partial charge in [-0.2, -0.15) is 0 Å². The second-order valence-corrected chi connectivity index (χ2v) is 8.69. The van der Waals surface area contributed by atoms with E-state index in [0.717, 1.165) is 0 Å². The molecule has 3 atom stereocenters. The highest BCUT2D eigenvalue weighted by atomic mass is 35.5. The van der Waals surface area contributed by atoms with Gasteiger partial charge in [-0.1, -0.05) is 11.6 Å². The fraction of sp³-hybridized carbons (Fsp3) is 0.533. The van der Waals surface area contributed by atoms with Gasteiger partial charge >= 0.3 is 0 Å². The van der Waals surface area contributed by atoms with Gasteiger partial charge in [-0.3, -0.25) is 4.79 Å². The summed E-state index contributed by atoms with van der Waals surface area (Å²) in [6, 6.07) is 6.80. The maximum atomic E-state index is 12.4. The number of halogens is 1. The SMILES string of the molecule is C[C@H](Oc1ccc(Cl)cc1)C(=O)N1C[C@@H]2CCS(=O)(=O)[C@@H]2C1. The van der Waals surface area contributed by atoms with Crippen molar-refractivity contribution in [2.45, 2.75) is 24.7 Å². The van der Waals surface area contributed by atoms with Crippen LogP contribution in [0.3, 0.4) is 0 Å². The van der Waals surface area contributed by atoms with Crippen LogP contribution in [0.15, 0.2) is 24.3 Å². The van der Waals surface area contributed by atoms with E-state index < -0.39 is 15.9 Å². The van der Waals surface area contributed by atoms with Crippen LogP contribution in [0.4, 0.5) is 0 Å². The number of rotatable bonds is 3. The van der Waals surface area contributed by atoms with Gasteiger partial charge in [0.25, 0.3) is 5.91 Å². The van der Waals surface area contributed by atoms with Crippen molar-refractivity contribution in [3.05, 3.63) is 29.3 Å². The number of fused-ring (bicyclic) bond motifs is 1. The number of hydrogen-bond acceptors (Lipinski definition) is 4. The number of nitrogens with zero attached hydrogens (tertiary/aromatic N) is 1. The Morgan fingerprint density at radius 2 is 2.00 bits per heavy atom. The van der Waals surface area contributed by atoms with Crippen molar-refractivity contribution in [1.82, 2.24) is 4.90 Å². The maximum absolute atomic E-state index is 12.4. The predicted octanol–water partition coefficient (Wildman–Crippen LogP) is 1.75. The van der Waals surface area contributed by atoms with Gasteiger partial charge in [-0.25, -0.2) is 8.42 Å². The Hall–Kier alpha value is -1.27. The van der Waals surface area contributed by atoms with Crippen molar-refractivity contribution < 1.29 is 17.9 Å². The molecule has 0 unspecified atom stereocenters. The average Bonchev–Trinajstić information content (AvgIpc) is 3.02. The molecule has 0 saturated carbocycles. The third kappa shape index (κ3) is 2.94. The van der Waals surface area contributed by atoms with Crippen LogP contribution in [-0.2, 0) is 14.6 Å². The number of likely N-dealkylation sites (tertiary alicyclic amines) is 1. The maximum Gasteiger partial charge on any atom is 0.263 e. The largest absolute Gasteiger partial charge is 0.481 e. The van der Waals surface area contributed by atoms with Gasteiger partial charge in [0.2, 0.25) is 0 Å². The number of amides is 1. The van der Waals surface area contributed by atoms with Crippen molar-refractivity contribution in [1.29, 1.82) is 0 Å². The molecular weight excluding hydrogens is 326 g/mol. The molecule has 5 nitrogen and oxygen atoms in total. The number of carbonyl (C=O) groups is 1. The number of hydrogen-bond donors (Lipinski definition) is 0. The van der Waals surface area contributed by atoms with Gasteiger partial charge in [0, 0.05) is 18.1 Å². The van der Waals surface area contributed by atoms with Crippen LogP contribution in [-0.4, -0.2) is 49.4 Å². The molecule has 0 N–H and O–H groups in total. The molecule has 120 valence electrons. The molecule has 2 saturated heterocycles. The zero-order valence-corrected chi connectivity index (χ0v) is 13.8. The molecule has 1 aromatic carbocycles. The lowest BCUT2D eigenvalue weighted by molar-refractivity contribution is -0.137. The van der Waals surface area contributed by atoms with E-state index in [1.54, 1.807) is 36.1 Å². The molecule has 0 radical (unpaired) electrons. The molecule has 2 fully saturated rings. The summed E-state index contributed by atoms with van der Waals surface area (Å²) in [5.41, 5.74) is 0. The van der Waals surface area contributed by atoms with Gasteiger partial charge in [-0.15, -0.1) is 0 Å². The third-order valence-corrected chi connectivity index (χ3v) is 6.91. The second kappa shape index (κ2) is 5.74. The third-order valence-electron chi connectivity index (χ3n) is 4.40. The summed E-state index contributed by atoms with van der Waals surface area (Å²) in [7, 11) is -3.03. The topological polar surface area (TPSA) is 63.7 Å². The zero-order valence-electron chi connectivity index (χ0n) is 12.2. The Morgan fingerprint density at radius 1 is 1.32 bits per heavy atom. The smallest absolute Gasteiger partial charge is 0.263 e. The summed E-state index contributed by atoms with van der Waals surface area (Å²) >= 11 is 5.81. The summed E-state index contributed by atoms with van der Waals surface area (Å²) in [5.74, 6) is 0.731. The number of carbonyl (C=O) groups excluding carboxylic acids is 1. The number of benzene rings is 1. The first-order valence-corrected chi connectivity index (χ1v) is 9.39. The Morgan fingerprint density at radius 3 is 2.64 bits per heavy atom. The monoisotopic (exact) mass is 343 g/mol. The molecule has 2 aliphatic heterocycles. The molecule has 7 heteroatoms. The fourth-order valence-corrected chi connectivity index (χ4v) is 5.47. The van der Waals surface area contributed by atoms with Crippen LogP contribution in [0.2, 0.25) is 5.02 Å². The quantitative estimate of drug-likeness (QED) is 0.838. The Bertz CT molecular complexity index is 673. The molecular formula is C15H18ClNO4S. The van der Waals surface area contributed by atoms with Gasteiger partial charge in [-0.05, 0) is 43.5 Å². The van der Waals surface area contributed by atoms with Crippen LogP contribution < -0.4 is 4.74 Å². The average molecular weight is 344 g/mol. The minimum atomic E-state index is -3.03. The van der Waals surface area contributed by atoms with Crippen molar-refractivity contribution in [2.24, 2.45) is 5.92 Å². The van der Waals surface area contributed by atoms with Crippen molar-refractivity contribution >= 4 is 27.3 Å². The lowest BCUT2D eigenvalue weighted by Gasteiger charge is -2.22. The first kappa shape index (κ1) is 15.6. The molecule has 0 aliphatic carbocycles. The van der Waals surface area contributed by atoms with Gasteiger partial charge in [0.15, 0.2) is 15.9 Å². The second-order valence-electron chi connectivity index (χ2n) is 5.91. The molecule has 2 aliphatic rings. The molecule has 0 bridgehead atoms. The van der Waals surface area contributed by atoms with Crippen LogP contribution in [0.1, 0.15) is 13.3 Å². The van der Waals surface area contributed by atoms with E-state index in [9.17, 15) is 13.2 Å². The highest BCUT2D eigenvalue weighted by molar-refractivity contribution is 7.92. The normalized spacial score (nSPS) is 27.5. The standard InChI is InChI=1S/C15H18ClNO4S/c1-10(21-13-4-2-12(16)3-5-13)15(18)17-8-11-6-7-22(19,20)14(11)9-17/h2-5,10-11,14H,6-9H2,1H3/t10-,11-,14+/m0/s1. The van der Waals surface area contributed by atoms with Crippen LogP contribution in [0, 0.1) is 5.92 Å². The first-order chi connectivity index (χ1) is 10.4. The van der Waals surface area contributed by atoms with Gasteiger partial charge < -0.3 is 9.64 Å². The molecule has 2 heterocycles. The first-order valence-electron chi connectivity index (χ1n) is 7.29. The molecule has 0 aromatic heterocycles. The molecule has 1 amide bonds. The summed E-state index contributed by atoms with van der Waals surface area (Å²) < 4.78 is 29.5. The summed E-state index contributed by atoms with van der Waals surface area (Å²) in [6.07, 6.45) is 0.00568. The minimum absolute atomic E-state index is 0.0803. The van der Waals surface area contributed by atoms with E-state index in [0.29, 0.717) is 30.3 Å². The Labute approximate surface area is 135 Å². The summed E-state index contributed by atoms with van der Waals surface area (Å²) in [5, 5.41) is 0.211. The zero-order chi connectivity index (χ0) is 15.9. The number of sulfone groups is 1. The van der Waals surface area contributed by atoms with Gasteiger partial charge in [0.1, 0.15) is 5.75 Å². The molecule has 1 aromatic rings. The predicted molar refractivity (Wildman–Crippen MR) is 83.8 cm³/mol. The van der Waals surface area contributed by atoms with Crippen molar-refractivity contribution in [3.63, 3.8) is 0 Å². The van der Waals surface area contributed by atoms with Crippen LogP contribution in [0.5, 0.6) is 5.75 Å². The van der Waals surface area contributed by atoms with Crippen molar-refractivity contribution in [2.75, 3.05) is 18.8 Å². The molecule has 3 rings (SSSR count). The number of ether oxygens (including phenoxy) is 1. The molecule has 22 heavy (non-hydrogen) atoms. The highest BCUT2D eigenvalue weighted by Gasteiger charge is 2.48. The van der Waals surface area contributed by atoms with E-state index in [-0.39, 0.29) is 22.8 Å². The van der Waals surface area contributed by atoms with E-state index >= 15 is 0 Å². The van der Waals surface area contributed by atoms with Crippen LogP contribution in [0.25, 0.3) is 0 Å². The Kier molecular flexibility index (Phi) is 4.07. The van der Waals surface area contributed by atoms with E-state index in [1.165, 1.54) is 0 Å². The summed E-state index contributed by atoms with van der Waals surface area (Å²) in [4.78, 5) is 14.1. The van der Waals surface area contributed by atoms with Gasteiger partial charge in [0.05, 0.1) is 11.0 Å². The molecule has 0 spiro atoms. The minimum Gasteiger partial charge on any atom is -0.481 e. The summed E-state index contributed by atoms with van der Waals surface area (Å²) in [6.45, 7) is 2.48. The Balaban J connectivity index is 1.63. The van der Waals surface area contributed by atoms with E-state index in [4.69, 9.17) is 16.3 Å². The fourth-order valence-electron chi connectivity index (χ4n) is 3.20. The highest BCUT2D eigenvalue weighted by Crippen LogP contribution is 2.34. The van der Waals surface area contributed by atoms with Crippen LogP contribution >= 0.6 is 11.6 Å².